The van der Waals surface area contributed by atoms with Gasteiger partial charge in [0.05, 0.1) is 11.3 Å². The van der Waals surface area contributed by atoms with Gasteiger partial charge in [0.2, 0.25) is 0 Å². The van der Waals surface area contributed by atoms with Gasteiger partial charge in [-0.25, -0.2) is 0 Å². The van der Waals surface area contributed by atoms with E-state index in [4.69, 9.17) is 4.42 Å². The van der Waals surface area contributed by atoms with Crippen LogP contribution in [0.25, 0.3) is 22.6 Å². The van der Waals surface area contributed by atoms with E-state index in [1.54, 1.807) is 0 Å². The Labute approximate surface area is 398 Å². The Morgan fingerprint density at radius 3 is 1.67 bits per heavy atom. The second-order valence-electron chi connectivity index (χ2n) is 26.9. The number of furan rings is 1. The van der Waals surface area contributed by atoms with Crippen molar-refractivity contribution in [3.8, 4) is 0 Å². The first-order valence-electron chi connectivity index (χ1n) is 25.2. The molecular formula is C63H76BNO. The van der Waals surface area contributed by atoms with Gasteiger partial charge in [-0.2, -0.15) is 0 Å². The van der Waals surface area contributed by atoms with E-state index < -0.39 is 0 Å². The van der Waals surface area contributed by atoms with Crippen LogP contribution in [0.3, 0.4) is 0 Å². The van der Waals surface area contributed by atoms with Crippen LogP contribution in [0.2, 0.25) is 0 Å². The Balaban J connectivity index is 1.36. The van der Waals surface area contributed by atoms with Crippen molar-refractivity contribution in [2.75, 3.05) is 4.90 Å². The molecule has 0 fully saturated rings. The van der Waals surface area contributed by atoms with Gasteiger partial charge in [0.15, 0.2) is 0 Å². The zero-order valence-corrected chi connectivity index (χ0v) is 43.8. The minimum Gasteiger partial charge on any atom is -0.468 e. The molecule has 0 amide bonds. The lowest BCUT2D eigenvalue weighted by Gasteiger charge is -2.45. The fourth-order valence-corrected chi connectivity index (χ4v) is 12.2. The molecule has 3 heterocycles. The van der Waals surface area contributed by atoms with Gasteiger partial charge in [0.1, 0.15) is 5.58 Å². The van der Waals surface area contributed by atoms with E-state index in [1.807, 2.05) is 0 Å². The minimum absolute atomic E-state index is 0.0250. The lowest BCUT2D eigenvalue weighted by molar-refractivity contribution is 0.332. The molecule has 3 heteroatoms. The Morgan fingerprint density at radius 1 is 0.530 bits per heavy atom. The second-order valence-corrected chi connectivity index (χ2v) is 26.9. The molecule has 0 bridgehead atoms. The molecular weight excluding hydrogens is 798 g/mol. The highest BCUT2D eigenvalue weighted by Crippen LogP contribution is 2.52. The number of rotatable bonds is 2. The summed E-state index contributed by atoms with van der Waals surface area (Å²) in [6, 6.07) is 32.0. The Kier molecular flexibility index (Phi) is 9.66. The maximum atomic E-state index is 7.47. The summed E-state index contributed by atoms with van der Waals surface area (Å²) in [7, 11) is 0. The zero-order valence-electron chi connectivity index (χ0n) is 43.8. The summed E-state index contributed by atoms with van der Waals surface area (Å²) in [4.78, 5) is 2.62. The van der Waals surface area contributed by atoms with Crippen LogP contribution in [-0.4, -0.2) is 6.71 Å². The quantitative estimate of drug-likeness (QED) is 0.161. The normalized spacial score (nSPS) is 19.6. The molecule has 0 spiro atoms. The van der Waals surface area contributed by atoms with E-state index in [0.29, 0.717) is 0 Å². The maximum Gasteiger partial charge on any atom is 0.294 e. The van der Waals surface area contributed by atoms with Crippen LogP contribution < -0.4 is 21.5 Å². The third kappa shape index (κ3) is 6.93. The molecule has 10 rings (SSSR count). The molecule has 6 aromatic rings. The van der Waals surface area contributed by atoms with Gasteiger partial charge in [0.25, 0.3) is 6.71 Å². The number of aryl methyl sites for hydroxylation is 1. The Hall–Kier alpha value is -4.76. The molecule has 0 atom stereocenters. The van der Waals surface area contributed by atoms with Gasteiger partial charge < -0.3 is 9.32 Å². The summed E-state index contributed by atoms with van der Waals surface area (Å²) >= 11 is 0. The molecule has 0 unspecified atom stereocenters. The second kappa shape index (κ2) is 14.2. The van der Waals surface area contributed by atoms with E-state index in [0.717, 1.165) is 11.2 Å². The van der Waals surface area contributed by atoms with E-state index in [9.17, 15) is 0 Å². The molecule has 2 aliphatic heterocycles. The molecule has 2 nitrogen and oxygen atoms in total. The largest absolute Gasteiger partial charge is 0.468 e. The van der Waals surface area contributed by atoms with E-state index in [1.165, 1.54) is 126 Å². The van der Waals surface area contributed by atoms with Crippen LogP contribution in [0, 0.1) is 6.92 Å². The number of nitrogens with zero attached hydrogens (tertiary/aromatic N) is 1. The molecule has 0 saturated heterocycles. The third-order valence-corrected chi connectivity index (χ3v) is 17.0. The summed E-state index contributed by atoms with van der Waals surface area (Å²) < 4.78 is 7.47. The molecule has 5 aromatic carbocycles. The number of benzene rings is 5. The van der Waals surface area contributed by atoms with Gasteiger partial charge in [0, 0.05) is 16.8 Å². The molecule has 0 saturated carbocycles. The predicted octanol–water partition coefficient (Wildman–Crippen LogP) is 15.5. The molecule has 0 radical (unpaired) electrons. The molecule has 4 aliphatic rings. The van der Waals surface area contributed by atoms with Crippen LogP contribution in [0.1, 0.15) is 205 Å². The summed E-state index contributed by atoms with van der Waals surface area (Å²) in [5.41, 5.74) is 25.3. The van der Waals surface area contributed by atoms with Crippen molar-refractivity contribution in [3.63, 3.8) is 0 Å². The third-order valence-electron chi connectivity index (χ3n) is 17.0. The van der Waals surface area contributed by atoms with Gasteiger partial charge in [-0.15, -0.1) is 0 Å². The molecule has 0 N–H and O–H groups in total. The average Bonchev–Trinajstić information content (AvgIpc) is 3.59. The van der Waals surface area contributed by atoms with Crippen LogP contribution >= 0.6 is 0 Å². The summed E-state index contributed by atoms with van der Waals surface area (Å²) in [5, 5.41) is 1.19. The summed E-state index contributed by atoms with van der Waals surface area (Å²) in [6.45, 7) is 43.0. The molecule has 2 aliphatic carbocycles. The average molecular weight is 874 g/mol. The summed E-state index contributed by atoms with van der Waals surface area (Å²) in [6.07, 6.45) is 7.31. The first kappa shape index (κ1) is 45.0. The fraction of sp³-hybridized carbons (Fsp3) is 0.460. The standard InChI is InChI=1S/C63H76BNO/c1-37-29-39(57(2,3)4)20-23-51(37)65-52-34-41(59(8,9)10)33-44-42(30-38-19-22-46-47(31-38)61(13,14)26-25-60(46,11)12)43-35-48-49(63(17,18)28-27-62(48,15)16)36-50(43)64(54(44)52)56-55(65)45-32-40(58(5,6)7)21-24-53(45)66-56/h19-24,29-36H,25-28H2,1-18H3/b42-30+. The van der Waals surface area contributed by atoms with E-state index in [-0.39, 0.29) is 44.6 Å². The van der Waals surface area contributed by atoms with Crippen LogP contribution in [-0.2, 0) is 37.9 Å². The van der Waals surface area contributed by atoms with E-state index in [2.05, 4.69) is 214 Å². The first-order chi connectivity index (χ1) is 30.5. The highest BCUT2D eigenvalue weighted by molar-refractivity contribution is 6.99. The lowest BCUT2D eigenvalue weighted by Crippen LogP contribution is -2.61. The van der Waals surface area contributed by atoms with Gasteiger partial charge in [-0.1, -0.05) is 178 Å². The number of anilines is 3. The van der Waals surface area contributed by atoms with Crippen molar-refractivity contribution in [2.45, 2.75) is 188 Å². The van der Waals surface area contributed by atoms with Crippen molar-refractivity contribution in [2.24, 2.45) is 0 Å². The van der Waals surface area contributed by atoms with Crippen molar-refractivity contribution < 1.29 is 4.42 Å². The van der Waals surface area contributed by atoms with Crippen LogP contribution in [0.5, 0.6) is 0 Å². The zero-order chi connectivity index (χ0) is 47.6. The van der Waals surface area contributed by atoms with Crippen LogP contribution in [0.15, 0.2) is 83.3 Å². The van der Waals surface area contributed by atoms with Crippen LogP contribution in [0.4, 0.5) is 17.1 Å². The van der Waals surface area contributed by atoms with Crippen molar-refractivity contribution >= 4 is 63.0 Å². The Bertz CT molecular complexity index is 3050. The van der Waals surface area contributed by atoms with Gasteiger partial charge >= 0.3 is 0 Å². The van der Waals surface area contributed by atoms with Crippen molar-refractivity contribution in [1.82, 2.24) is 0 Å². The highest BCUT2D eigenvalue weighted by atomic mass is 16.3. The van der Waals surface area contributed by atoms with E-state index >= 15 is 0 Å². The van der Waals surface area contributed by atoms with Crippen molar-refractivity contribution in [3.05, 3.63) is 140 Å². The highest BCUT2D eigenvalue weighted by Gasteiger charge is 2.49. The minimum atomic E-state index is -0.106. The molecule has 342 valence electrons. The van der Waals surface area contributed by atoms with Gasteiger partial charge in [-0.3, -0.25) is 0 Å². The lowest BCUT2D eigenvalue weighted by atomic mass is 9.33. The SMILES string of the molecule is Cc1cc(C(C)(C)C)ccc1N1c2cc(C(C)(C)C)cc3c2B(c2cc4c(cc2/C3=C\c2ccc3c(c2)C(C)(C)CCC3(C)C)C(C)(C)CCC4(C)C)c2oc3ccc(C(C)(C)C)cc3c21. The smallest absolute Gasteiger partial charge is 0.294 e. The molecule has 66 heavy (non-hydrogen) atoms. The number of fused-ring (bicyclic) bond motifs is 8. The molecule has 1 aromatic heterocycles. The first-order valence-corrected chi connectivity index (χ1v) is 25.2. The predicted molar refractivity (Wildman–Crippen MR) is 287 cm³/mol. The monoisotopic (exact) mass is 874 g/mol. The maximum absolute atomic E-state index is 7.47. The number of hydrogen-bond acceptors (Lipinski definition) is 2. The van der Waals surface area contributed by atoms with Crippen molar-refractivity contribution in [1.29, 1.82) is 0 Å². The summed E-state index contributed by atoms with van der Waals surface area (Å²) in [5.74, 6) is 0. The Morgan fingerprint density at radius 2 is 1.08 bits per heavy atom. The number of hydrogen-bond donors (Lipinski definition) is 0. The fourth-order valence-electron chi connectivity index (χ4n) is 12.2. The topological polar surface area (TPSA) is 16.4 Å². The van der Waals surface area contributed by atoms with Gasteiger partial charge in [-0.05, 0) is 173 Å².